The van der Waals surface area contributed by atoms with Crippen LogP contribution in [0.1, 0.15) is 42.7 Å². The highest BCUT2D eigenvalue weighted by Gasteiger charge is 2.20. The lowest BCUT2D eigenvalue weighted by Crippen LogP contribution is -2.33. The van der Waals surface area contributed by atoms with Gasteiger partial charge >= 0.3 is 0 Å². The first kappa shape index (κ1) is 15.5. The molecular weight excluding hydrogens is 288 g/mol. The van der Waals surface area contributed by atoms with Crippen LogP contribution >= 0.6 is 0 Å². The Bertz CT molecular complexity index is 701. The van der Waals surface area contributed by atoms with Crippen molar-refractivity contribution in [3.05, 3.63) is 47.9 Å². The van der Waals surface area contributed by atoms with Crippen LogP contribution in [0.15, 0.2) is 36.7 Å². The summed E-state index contributed by atoms with van der Waals surface area (Å²) in [5.41, 5.74) is 2.91. The second-order valence-corrected chi connectivity index (χ2v) is 5.93. The van der Waals surface area contributed by atoms with E-state index in [9.17, 15) is 4.79 Å². The molecule has 0 bridgehead atoms. The molecule has 23 heavy (non-hydrogen) atoms. The van der Waals surface area contributed by atoms with Crippen LogP contribution in [0.3, 0.4) is 0 Å². The van der Waals surface area contributed by atoms with Crippen molar-refractivity contribution in [1.29, 1.82) is 0 Å². The van der Waals surface area contributed by atoms with Crippen molar-refractivity contribution in [1.82, 2.24) is 15.3 Å². The number of benzene rings is 1. The lowest BCUT2D eigenvalue weighted by atomic mass is 10.0. The highest BCUT2D eigenvalue weighted by atomic mass is 16.1. The molecule has 120 valence electrons. The van der Waals surface area contributed by atoms with Gasteiger partial charge in [0.1, 0.15) is 17.8 Å². The first-order chi connectivity index (χ1) is 11.2. The van der Waals surface area contributed by atoms with E-state index in [2.05, 4.69) is 38.4 Å². The summed E-state index contributed by atoms with van der Waals surface area (Å²) in [4.78, 5) is 22.9. The van der Waals surface area contributed by atoms with Crippen LogP contribution in [0.25, 0.3) is 0 Å². The molecule has 0 radical (unpaired) electrons. The van der Waals surface area contributed by atoms with E-state index in [0.29, 0.717) is 5.69 Å². The number of aryl methyl sites for hydroxylation is 1. The molecule has 3 rings (SSSR count). The molecule has 0 fully saturated rings. The third kappa shape index (κ3) is 3.33. The monoisotopic (exact) mass is 310 g/mol. The molecule has 1 amide bonds. The number of carbonyl (C=O) groups excluding carboxylic acids is 1. The molecule has 0 aliphatic carbocycles. The Balaban J connectivity index is 1.88. The van der Waals surface area contributed by atoms with Crippen molar-refractivity contribution < 1.29 is 4.79 Å². The molecule has 5 heteroatoms. The quantitative estimate of drug-likeness (QED) is 0.943. The molecule has 5 nitrogen and oxygen atoms in total. The van der Waals surface area contributed by atoms with Crippen LogP contribution in [-0.2, 0) is 6.42 Å². The fourth-order valence-corrected chi connectivity index (χ4v) is 2.79. The van der Waals surface area contributed by atoms with Gasteiger partial charge in [-0.05, 0) is 37.8 Å². The zero-order valence-electron chi connectivity index (χ0n) is 13.6. The van der Waals surface area contributed by atoms with Crippen molar-refractivity contribution in [2.45, 2.75) is 39.2 Å². The van der Waals surface area contributed by atoms with Crippen LogP contribution in [0.4, 0.5) is 11.5 Å². The van der Waals surface area contributed by atoms with Crippen molar-refractivity contribution in [2.75, 3.05) is 11.4 Å². The molecule has 0 spiro atoms. The van der Waals surface area contributed by atoms with E-state index in [1.54, 1.807) is 6.07 Å². The summed E-state index contributed by atoms with van der Waals surface area (Å²) < 4.78 is 0. The minimum absolute atomic E-state index is 0.136. The molecule has 1 aliphatic heterocycles. The van der Waals surface area contributed by atoms with Gasteiger partial charge in [0.2, 0.25) is 0 Å². The topological polar surface area (TPSA) is 58.1 Å². The SMILES string of the molecule is CCC(C)NC(=O)c1cc(N2CCCc3ccccc32)ncn1. The normalized spacial score (nSPS) is 15.0. The summed E-state index contributed by atoms with van der Waals surface area (Å²) in [6.45, 7) is 4.93. The van der Waals surface area contributed by atoms with E-state index in [0.717, 1.165) is 31.6 Å². The van der Waals surface area contributed by atoms with Crippen molar-refractivity contribution in [3.8, 4) is 0 Å². The van der Waals surface area contributed by atoms with Gasteiger partial charge in [-0.3, -0.25) is 4.79 Å². The fraction of sp³-hybridized carbons (Fsp3) is 0.389. The third-order valence-corrected chi connectivity index (χ3v) is 4.26. The lowest BCUT2D eigenvalue weighted by Gasteiger charge is -2.30. The Morgan fingerprint density at radius 2 is 2.17 bits per heavy atom. The zero-order chi connectivity index (χ0) is 16.2. The highest BCUT2D eigenvalue weighted by Crippen LogP contribution is 2.32. The number of fused-ring (bicyclic) bond motifs is 1. The van der Waals surface area contributed by atoms with Crippen LogP contribution in [-0.4, -0.2) is 28.5 Å². The summed E-state index contributed by atoms with van der Waals surface area (Å²) >= 11 is 0. The zero-order valence-corrected chi connectivity index (χ0v) is 13.6. The molecular formula is C18H22N4O. The number of anilines is 2. The molecule has 1 atom stereocenters. The number of carbonyl (C=O) groups is 1. The fourth-order valence-electron chi connectivity index (χ4n) is 2.79. The molecule has 1 aromatic heterocycles. The number of hydrogen-bond donors (Lipinski definition) is 1. The van der Waals surface area contributed by atoms with E-state index >= 15 is 0 Å². The largest absolute Gasteiger partial charge is 0.348 e. The third-order valence-electron chi connectivity index (χ3n) is 4.26. The number of para-hydroxylation sites is 1. The summed E-state index contributed by atoms with van der Waals surface area (Å²) in [6.07, 6.45) is 4.52. The van der Waals surface area contributed by atoms with Crippen molar-refractivity contribution >= 4 is 17.4 Å². The summed E-state index contributed by atoms with van der Waals surface area (Å²) in [5.74, 6) is 0.634. The van der Waals surface area contributed by atoms with Crippen LogP contribution in [0, 0.1) is 0 Å². The average molecular weight is 310 g/mol. The number of hydrogen-bond acceptors (Lipinski definition) is 4. The molecule has 0 saturated heterocycles. The second kappa shape index (κ2) is 6.77. The number of nitrogens with zero attached hydrogens (tertiary/aromatic N) is 3. The number of nitrogens with one attached hydrogen (secondary N) is 1. The summed E-state index contributed by atoms with van der Waals surface area (Å²) in [5, 5.41) is 2.95. The maximum atomic E-state index is 12.3. The van der Waals surface area contributed by atoms with Crippen molar-refractivity contribution in [2.24, 2.45) is 0 Å². The van der Waals surface area contributed by atoms with E-state index in [1.807, 2.05) is 19.9 Å². The molecule has 0 saturated carbocycles. The van der Waals surface area contributed by atoms with Gasteiger partial charge in [0, 0.05) is 24.3 Å². The van der Waals surface area contributed by atoms with Crippen LogP contribution in [0.5, 0.6) is 0 Å². The Morgan fingerprint density at radius 1 is 1.35 bits per heavy atom. The summed E-state index contributed by atoms with van der Waals surface area (Å²) in [6, 6.07) is 10.3. The van der Waals surface area contributed by atoms with Gasteiger partial charge in [0.15, 0.2) is 0 Å². The van der Waals surface area contributed by atoms with Gasteiger partial charge in [-0.15, -0.1) is 0 Å². The highest BCUT2D eigenvalue weighted by molar-refractivity contribution is 5.93. The van der Waals surface area contributed by atoms with Crippen molar-refractivity contribution in [3.63, 3.8) is 0 Å². The predicted molar refractivity (Wildman–Crippen MR) is 91.0 cm³/mol. The minimum atomic E-state index is -0.145. The smallest absolute Gasteiger partial charge is 0.270 e. The molecule has 2 heterocycles. The number of aromatic nitrogens is 2. The Hall–Kier alpha value is -2.43. The number of amides is 1. The predicted octanol–water partition coefficient (Wildman–Crippen LogP) is 3.09. The molecule has 2 aromatic rings. The Labute approximate surface area is 136 Å². The van der Waals surface area contributed by atoms with Gasteiger partial charge in [0.05, 0.1) is 0 Å². The molecule has 1 aromatic carbocycles. The Kier molecular flexibility index (Phi) is 4.55. The first-order valence-corrected chi connectivity index (χ1v) is 8.17. The molecule has 1 unspecified atom stereocenters. The van der Waals surface area contributed by atoms with E-state index in [4.69, 9.17) is 0 Å². The van der Waals surface area contributed by atoms with Gasteiger partial charge in [-0.25, -0.2) is 9.97 Å². The maximum absolute atomic E-state index is 12.3. The van der Waals surface area contributed by atoms with Gasteiger partial charge in [-0.2, -0.15) is 0 Å². The minimum Gasteiger partial charge on any atom is -0.348 e. The van der Waals surface area contributed by atoms with E-state index in [-0.39, 0.29) is 11.9 Å². The van der Waals surface area contributed by atoms with Gasteiger partial charge in [-0.1, -0.05) is 25.1 Å². The molecule has 1 aliphatic rings. The number of rotatable bonds is 4. The Morgan fingerprint density at radius 3 is 3.00 bits per heavy atom. The van der Waals surface area contributed by atoms with E-state index in [1.165, 1.54) is 17.6 Å². The van der Waals surface area contributed by atoms with Gasteiger partial charge in [0.25, 0.3) is 5.91 Å². The van der Waals surface area contributed by atoms with Crippen LogP contribution in [0.2, 0.25) is 0 Å². The molecule has 1 N–H and O–H groups in total. The second-order valence-electron chi connectivity index (χ2n) is 5.93. The summed E-state index contributed by atoms with van der Waals surface area (Å²) in [7, 11) is 0. The lowest BCUT2D eigenvalue weighted by molar-refractivity contribution is 0.0934. The standard InChI is InChI=1S/C18H22N4O/c1-3-13(2)21-18(23)15-11-17(20-12-19-15)22-10-6-8-14-7-4-5-9-16(14)22/h4-5,7,9,11-13H,3,6,8,10H2,1-2H3,(H,21,23). The van der Waals surface area contributed by atoms with E-state index < -0.39 is 0 Å². The average Bonchev–Trinajstić information content (AvgIpc) is 2.61. The maximum Gasteiger partial charge on any atom is 0.270 e. The van der Waals surface area contributed by atoms with Crippen LogP contribution < -0.4 is 10.2 Å². The van der Waals surface area contributed by atoms with Gasteiger partial charge < -0.3 is 10.2 Å². The first-order valence-electron chi connectivity index (χ1n) is 8.17.